The van der Waals surface area contributed by atoms with E-state index in [2.05, 4.69) is 4.90 Å². The molecule has 0 atom stereocenters. The van der Waals surface area contributed by atoms with Crippen molar-refractivity contribution in [3.05, 3.63) is 44.1 Å². The van der Waals surface area contributed by atoms with Gasteiger partial charge in [-0.15, -0.1) is 11.3 Å². The molecule has 7 nitrogen and oxygen atoms in total. The number of primary amides is 1. The maximum Gasteiger partial charge on any atom is 0.255 e. The topological polar surface area (TPSA) is 94.2 Å². The maximum absolute atomic E-state index is 11.1. The molecule has 1 saturated heterocycles. The molecule has 0 bridgehead atoms. The van der Waals surface area contributed by atoms with Crippen LogP contribution in [0.4, 0.5) is 0 Å². The second kappa shape index (κ2) is 11.5. The minimum Gasteiger partial charge on any atom is -0.493 e. The Hall–Kier alpha value is -1.84. The zero-order chi connectivity index (χ0) is 24.0. The number of nitrogens with two attached hydrogens (primary N) is 1. The predicted octanol–water partition coefficient (Wildman–Crippen LogP) is 3.86. The van der Waals surface area contributed by atoms with E-state index in [1.165, 1.54) is 10.4 Å². The van der Waals surface area contributed by atoms with Crippen LogP contribution in [0.15, 0.2) is 18.2 Å². The Kier molecular flexibility index (Phi) is 9.01. The van der Waals surface area contributed by atoms with Crippen LogP contribution < -0.4 is 15.2 Å². The monoisotopic (exact) mass is 496 g/mol. The number of ether oxygens (including phenoxy) is 3. The van der Waals surface area contributed by atoms with Crippen LogP contribution in [-0.4, -0.2) is 49.3 Å². The van der Waals surface area contributed by atoms with Gasteiger partial charge in [0.2, 0.25) is 0 Å². The number of rotatable bonds is 7. The van der Waals surface area contributed by atoms with Crippen LogP contribution >= 0.6 is 22.9 Å². The number of nitrogens with zero attached hydrogens (tertiary/aromatic N) is 1. The molecule has 1 aromatic carbocycles. The Labute approximate surface area is 204 Å². The van der Waals surface area contributed by atoms with Crippen molar-refractivity contribution in [2.75, 3.05) is 33.4 Å². The number of aliphatic hydroxyl groups is 1. The van der Waals surface area contributed by atoms with Crippen LogP contribution in [0.1, 0.15) is 48.3 Å². The van der Waals surface area contributed by atoms with Crippen molar-refractivity contribution < 1.29 is 24.1 Å². The van der Waals surface area contributed by atoms with E-state index in [1.807, 2.05) is 32.0 Å². The molecule has 2 aliphatic heterocycles. The third kappa shape index (κ3) is 5.63. The molecular weight excluding hydrogens is 464 g/mol. The summed E-state index contributed by atoms with van der Waals surface area (Å²) in [4.78, 5) is 14.6. The van der Waals surface area contributed by atoms with E-state index in [1.54, 1.807) is 18.4 Å². The second-order valence-corrected chi connectivity index (χ2v) is 9.55. The molecule has 0 aliphatic carbocycles. The Morgan fingerprint density at radius 3 is 2.67 bits per heavy atom. The SMILES string of the molecule is CC.COc1ccc(CN2CCC3(CC2)OCCc2c3sc(Cl)c2CO)cc1OCC(N)=O. The Balaban J connectivity index is 0.00000149. The number of amides is 1. The molecule has 0 radical (unpaired) electrons. The fourth-order valence-electron chi connectivity index (χ4n) is 4.46. The Morgan fingerprint density at radius 1 is 1.30 bits per heavy atom. The van der Waals surface area contributed by atoms with Gasteiger partial charge >= 0.3 is 0 Å². The average molecular weight is 497 g/mol. The largest absolute Gasteiger partial charge is 0.493 e. The standard InChI is InChI=1S/C22H27ClN2O5S.C2H6/c1-28-17-3-2-14(10-18(17)29-13-19(24)27)11-25-7-5-22(6-8-25)20-15(4-9-30-22)16(12-26)21(23)31-20;1-2/h2-3,10,26H,4-9,11-13H2,1H3,(H2,24,27);1-2H3. The van der Waals surface area contributed by atoms with Crippen molar-refractivity contribution in [1.82, 2.24) is 4.90 Å². The molecule has 1 fully saturated rings. The van der Waals surface area contributed by atoms with Crippen molar-refractivity contribution in [2.45, 2.75) is 51.9 Å². The van der Waals surface area contributed by atoms with Gasteiger partial charge in [0.15, 0.2) is 18.1 Å². The molecule has 1 amide bonds. The molecule has 1 aromatic heterocycles. The van der Waals surface area contributed by atoms with Crippen LogP contribution in [0.2, 0.25) is 4.34 Å². The summed E-state index contributed by atoms with van der Waals surface area (Å²) in [5, 5.41) is 9.71. The zero-order valence-corrected chi connectivity index (χ0v) is 21.1. The first kappa shape index (κ1) is 25.8. The average Bonchev–Trinajstić information content (AvgIpc) is 3.17. The van der Waals surface area contributed by atoms with E-state index in [0.717, 1.165) is 50.0 Å². The fraction of sp³-hybridized carbons (Fsp3) is 0.542. The molecule has 3 heterocycles. The fourth-order valence-corrected chi connectivity index (χ4v) is 6.15. The molecule has 2 aromatic rings. The molecule has 1 spiro atoms. The Morgan fingerprint density at radius 2 is 2.03 bits per heavy atom. The number of carbonyl (C=O) groups is 1. The van der Waals surface area contributed by atoms with E-state index >= 15 is 0 Å². The Bertz CT molecular complexity index is 957. The molecule has 9 heteroatoms. The van der Waals surface area contributed by atoms with E-state index in [9.17, 15) is 9.90 Å². The zero-order valence-electron chi connectivity index (χ0n) is 19.5. The molecule has 33 heavy (non-hydrogen) atoms. The van der Waals surface area contributed by atoms with Gasteiger partial charge in [-0.05, 0) is 42.5 Å². The van der Waals surface area contributed by atoms with Gasteiger partial charge in [-0.2, -0.15) is 0 Å². The summed E-state index contributed by atoms with van der Waals surface area (Å²) >= 11 is 7.96. The lowest BCUT2D eigenvalue weighted by Gasteiger charge is -2.44. The van der Waals surface area contributed by atoms with Gasteiger partial charge in [0.1, 0.15) is 5.60 Å². The van der Waals surface area contributed by atoms with Crippen LogP contribution in [-0.2, 0) is 34.7 Å². The van der Waals surface area contributed by atoms with Gasteiger partial charge in [-0.3, -0.25) is 9.69 Å². The van der Waals surface area contributed by atoms with Crippen molar-refractivity contribution in [3.8, 4) is 11.5 Å². The highest BCUT2D eigenvalue weighted by atomic mass is 35.5. The van der Waals surface area contributed by atoms with Gasteiger partial charge in [0.05, 0.1) is 24.7 Å². The molecule has 2 aliphatic rings. The first-order chi connectivity index (χ1) is 16.0. The highest BCUT2D eigenvalue weighted by molar-refractivity contribution is 7.16. The minimum atomic E-state index is -0.529. The molecule has 3 N–H and O–H groups in total. The summed E-state index contributed by atoms with van der Waals surface area (Å²) < 4.78 is 17.8. The number of halogens is 1. The number of fused-ring (bicyclic) bond motifs is 2. The summed E-state index contributed by atoms with van der Waals surface area (Å²) in [6, 6.07) is 5.74. The number of carbonyl (C=O) groups excluding carboxylic acids is 1. The highest BCUT2D eigenvalue weighted by Crippen LogP contribution is 2.48. The third-order valence-corrected chi connectivity index (χ3v) is 7.75. The second-order valence-electron chi connectivity index (χ2n) is 7.93. The lowest BCUT2D eigenvalue weighted by molar-refractivity contribution is -0.119. The lowest BCUT2D eigenvalue weighted by atomic mass is 9.84. The van der Waals surface area contributed by atoms with E-state index < -0.39 is 5.91 Å². The first-order valence-electron chi connectivity index (χ1n) is 11.3. The molecule has 0 unspecified atom stereocenters. The summed E-state index contributed by atoms with van der Waals surface area (Å²) in [5.41, 5.74) is 8.02. The van der Waals surface area contributed by atoms with E-state index in [0.29, 0.717) is 22.4 Å². The minimum absolute atomic E-state index is 0.0233. The number of hydrogen-bond acceptors (Lipinski definition) is 7. The van der Waals surface area contributed by atoms with E-state index in [4.69, 9.17) is 31.5 Å². The number of piperidine rings is 1. The van der Waals surface area contributed by atoms with Crippen molar-refractivity contribution in [3.63, 3.8) is 0 Å². The van der Waals surface area contributed by atoms with Gasteiger partial charge in [0, 0.05) is 30.1 Å². The van der Waals surface area contributed by atoms with Crippen LogP contribution in [0, 0.1) is 0 Å². The number of methoxy groups -OCH3 is 1. The number of thiophene rings is 1. The summed E-state index contributed by atoms with van der Waals surface area (Å²) in [7, 11) is 1.56. The quantitative estimate of drug-likeness (QED) is 0.604. The van der Waals surface area contributed by atoms with Gasteiger partial charge < -0.3 is 25.1 Å². The lowest BCUT2D eigenvalue weighted by Crippen LogP contribution is -2.45. The molecule has 4 rings (SSSR count). The van der Waals surface area contributed by atoms with Crippen LogP contribution in [0.5, 0.6) is 11.5 Å². The van der Waals surface area contributed by atoms with Gasteiger partial charge in [-0.1, -0.05) is 31.5 Å². The normalized spacial score (nSPS) is 17.1. The number of aliphatic hydroxyl groups excluding tert-OH is 1. The van der Waals surface area contributed by atoms with Crippen molar-refractivity contribution in [2.24, 2.45) is 5.73 Å². The summed E-state index contributed by atoms with van der Waals surface area (Å²) in [5.74, 6) is 0.552. The number of benzene rings is 1. The summed E-state index contributed by atoms with van der Waals surface area (Å²) in [6.45, 7) is 6.97. The van der Waals surface area contributed by atoms with Gasteiger partial charge in [0.25, 0.3) is 5.91 Å². The smallest absolute Gasteiger partial charge is 0.255 e. The first-order valence-corrected chi connectivity index (χ1v) is 12.5. The molecule has 182 valence electrons. The van der Waals surface area contributed by atoms with Gasteiger partial charge in [-0.25, -0.2) is 0 Å². The molecule has 0 saturated carbocycles. The molecular formula is C24H33ClN2O5S. The van der Waals surface area contributed by atoms with Crippen molar-refractivity contribution in [1.29, 1.82) is 0 Å². The number of likely N-dealkylation sites (tertiary alicyclic amines) is 1. The number of hydrogen-bond donors (Lipinski definition) is 2. The highest BCUT2D eigenvalue weighted by Gasteiger charge is 2.43. The summed E-state index contributed by atoms with van der Waals surface area (Å²) in [6.07, 6.45) is 2.56. The van der Waals surface area contributed by atoms with E-state index in [-0.39, 0.29) is 18.8 Å². The van der Waals surface area contributed by atoms with Crippen LogP contribution in [0.25, 0.3) is 0 Å². The third-order valence-electron chi connectivity index (χ3n) is 6.04. The maximum atomic E-state index is 11.1. The predicted molar refractivity (Wildman–Crippen MR) is 130 cm³/mol. The van der Waals surface area contributed by atoms with Crippen molar-refractivity contribution >= 4 is 28.8 Å². The van der Waals surface area contributed by atoms with Crippen LogP contribution in [0.3, 0.4) is 0 Å².